The van der Waals surface area contributed by atoms with Crippen LogP contribution < -0.4 is 4.90 Å². The molecule has 1 aromatic heterocycles. The van der Waals surface area contributed by atoms with Crippen molar-refractivity contribution < 1.29 is 13.2 Å². The number of piperazine rings is 1. The highest BCUT2D eigenvalue weighted by molar-refractivity contribution is 7.89. The highest BCUT2D eigenvalue weighted by Crippen LogP contribution is 2.26. The molecule has 0 N–H and O–H groups in total. The van der Waals surface area contributed by atoms with Gasteiger partial charge in [0, 0.05) is 57.7 Å². The monoisotopic (exact) mass is 475 g/mol. The lowest BCUT2D eigenvalue weighted by atomic mass is 10.1. The third-order valence-electron chi connectivity index (χ3n) is 6.47. The molecule has 0 bridgehead atoms. The van der Waals surface area contributed by atoms with Crippen LogP contribution in [0.5, 0.6) is 0 Å². The van der Waals surface area contributed by atoms with Gasteiger partial charge >= 0.3 is 0 Å². The first kappa shape index (κ1) is 25.2. The van der Waals surface area contributed by atoms with E-state index in [0.717, 1.165) is 18.5 Å². The standard InChI is InChI=1S/C24H37N5O3S/c1-6-9-13-26(7-2)24(30)21-18-28(8-3)25-23(21)33(31,32)29-16-14-27(15-17-29)22-12-10-11-19(4)20(22)5/h10-12,18H,6-9,13-17H2,1-5H3. The van der Waals surface area contributed by atoms with E-state index in [9.17, 15) is 13.2 Å². The fourth-order valence-electron chi connectivity index (χ4n) is 4.20. The normalized spacial score (nSPS) is 15.1. The van der Waals surface area contributed by atoms with E-state index in [-0.39, 0.29) is 16.5 Å². The van der Waals surface area contributed by atoms with Crippen molar-refractivity contribution in [2.75, 3.05) is 44.2 Å². The van der Waals surface area contributed by atoms with Crippen molar-refractivity contribution in [1.29, 1.82) is 0 Å². The van der Waals surface area contributed by atoms with E-state index >= 15 is 0 Å². The van der Waals surface area contributed by atoms with Crippen LogP contribution in [-0.2, 0) is 16.6 Å². The van der Waals surface area contributed by atoms with E-state index in [4.69, 9.17) is 0 Å². The molecule has 2 heterocycles. The molecule has 1 aliphatic heterocycles. The highest BCUT2D eigenvalue weighted by Gasteiger charge is 2.35. The number of anilines is 1. The molecule has 0 radical (unpaired) electrons. The summed E-state index contributed by atoms with van der Waals surface area (Å²) in [4.78, 5) is 17.2. The molecule has 1 aromatic carbocycles. The van der Waals surface area contributed by atoms with Crippen LogP contribution in [0.3, 0.4) is 0 Å². The van der Waals surface area contributed by atoms with Gasteiger partial charge in [-0.05, 0) is 51.3 Å². The lowest BCUT2D eigenvalue weighted by Gasteiger charge is -2.36. The molecule has 182 valence electrons. The van der Waals surface area contributed by atoms with Crippen molar-refractivity contribution in [3.8, 4) is 0 Å². The third kappa shape index (κ3) is 5.24. The van der Waals surface area contributed by atoms with Crippen molar-refractivity contribution in [3.63, 3.8) is 0 Å². The van der Waals surface area contributed by atoms with Crippen LogP contribution in [0.1, 0.15) is 55.1 Å². The number of carbonyl (C=O) groups excluding carboxylic acids is 1. The van der Waals surface area contributed by atoms with Gasteiger partial charge in [-0.15, -0.1) is 0 Å². The van der Waals surface area contributed by atoms with Gasteiger partial charge < -0.3 is 9.80 Å². The fraction of sp³-hybridized carbons (Fsp3) is 0.583. The first-order valence-corrected chi connectivity index (χ1v) is 13.4. The Kier molecular flexibility index (Phi) is 8.18. The van der Waals surface area contributed by atoms with Crippen molar-refractivity contribution in [3.05, 3.63) is 41.1 Å². The number of carbonyl (C=O) groups is 1. The molecule has 1 amide bonds. The molecule has 2 aromatic rings. The number of hydrogen-bond acceptors (Lipinski definition) is 5. The average Bonchev–Trinajstić information content (AvgIpc) is 3.27. The number of sulfonamides is 1. The average molecular weight is 476 g/mol. The van der Waals surface area contributed by atoms with E-state index < -0.39 is 10.0 Å². The van der Waals surface area contributed by atoms with Gasteiger partial charge in [0.25, 0.3) is 15.9 Å². The van der Waals surface area contributed by atoms with Crippen molar-refractivity contribution in [1.82, 2.24) is 19.0 Å². The number of benzene rings is 1. The third-order valence-corrected chi connectivity index (χ3v) is 8.31. The van der Waals surface area contributed by atoms with Gasteiger partial charge in [-0.1, -0.05) is 25.5 Å². The maximum Gasteiger partial charge on any atom is 0.263 e. The van der Waals surface area contributed by atoms with Gasteiger partial charge in [-0.25, -0.2) is 8.42 Å². The summed E-state index contributed by atoms with van der Waals surface area (Å²) in [5.74, 6) is -0.266. The van der Waals surface area contributed by atoms with Crippen LogP contribution in [-0.4, -0.2) is 72.6 Å². The number of unbranched alkanes of at least 4 members (excludes halogenated alkanes) is 1. The molecule has 0 aliphatic carbocycles. The summed E-state index contributed by atoms with van der Waals surface area (Å²) < 4.78 is 30.2. The fourth-order valence-corrected chi connectivity index (χ4v) is 5.71. The second kappa shape index (κ2) is 10.7. The SMILES string of the molecule is CCCCN(CC)C(=O)c1cn(CC)nc1S(=O)(=O)N1CCN(c2cccc(C)c2C)CC1. The molecule has 9 heteroatoms. The van der Waals surface area contributed by atoms with Crippen LogP contribution in [0.15, 0.2) is 29.4 Å². The molecule has 0 atom stereocenters. The second-order valence-electron chi connectivity index (χ2n) is 8.55. The molecular formula is C24H37N5O3S. The molecule has 1 aliphatic rings. The number of aromatic nitrogens is 2. The number of hydrogen-bond donors (Lipinski definition) is 0. The zero-order chi connectivity index (χ0) is 24.2. The summed E-state index contributed by atoms with van der Waals surface area (Å²) in [5, 5.41) is 4.20. The Morgan fingerprint density at radius 1 is 1.09 bits per heavy atom. The topological polar surface area (TPSA) is 78.8 Å². The molecule has 1 saturated heterocycles. The van der Waals surface area contributed by atoms with Crippen molar-refractivity contribution >= 4 is 21.6 Å². The molecule has 0 spiro atoms. The van der Waals surface area contributed by atoms with Crippen LogP contribution in [0, 0.1) is 13.8 Å². The Hall–Kier alpha value is -2.39. The second-order valence-corrected chi connectivity index (χ2v) is 10.4. The minimum Gasteiger partial charge on any atom is -0.369 e. The van der Waals surface area contributed by atoms with Gasteiger partial charge in [0.15, 0.2) is 0 Å². The summed E-state index contributed by atoms with van der Waals surface area (Å²) in [6.07, 6.45) is 3.42. The molecule has 0 unspecified atom stereocenters. The predicted molar refractivity (Wildman–Crippen MR) is 131 cm³/mol. The van der Waals surface area contributed by atoms with Crippen LogP contribution in [0.25, 0.3) is 0 Å². The van der Waals surface area contributed by atoms with Gasteiger partial charge in [0.2, 0.25) is 5.03 Å². The maximum absolute atomic E-state index is 13.6. The van der Waals surface area contributed by atoms with E-state index in [2.05, 4.69) is 42.9 Å². The quantitative estimate of drug-likeness (QED) is 0.556. The van der Waals surface area contributed by atoms with Crippen LogP contribution in [0.2, 0.25) is 0 Å². The van der Waals surface area contributed by atoms with Gasteiger partial charge in [-0.2, -0.15) is 9.40 Å². The van der Waals surface area contributed by atoms with Crippen LogP contribution >= 0.6 is 0 Å². The summed E-state index contributed by atoms with van der Waals surface area (Å²) in [5.41, 5.74) is 3.76. The zero-order valence-corrected chi connectivity index (χ0v) is 21.4. The van der Waals surface area contributed by atoms with Gasteiger partial charge in [0.05, 0.1) is 5.56 Å². The summed E-state index contributed by atoms with van der Waals surface area (Å²) in [6.45, 7) is 13.6. The number of nitrogens with zero attached hydrogens (tertiary/aromatic N) is 5. The highest BCUT2D eigenvalue weighted by atomic mass is 32.2. The molecule has 8 nitrogen and oxygen atoms in total. The Balaban J connectivity index is 1.84. The lowest BCUT2D eigenvalue weighted by molar-refractivity contribution is 0.0758. The first-order chi connectivity index (χ1) is 15.7. The largest absolute Gasteiger partial charge is 0.369 e. The maximum atomic E-state index is 13.6. The summed E-state index contributed by atoms with van der Waals surface area (Å²) >= 11 is 0. The number of rotatable bonds is 9. The zero-order valence-electron chi connectivity index (χ0n) is 20.5. The molecule has 3 rings (SSSR count). The number of amides is 1. The van der Waals surface area contributed by atoms with E-state index in [0.29, 0.717) is 45.8 Å². The summed E-state index contributed by atoms with van der Waals surface area (Å²) in [7, 11) is -3.89. The Bertz CT molecular complexity index is 1070. The molecule has 33 heavy (non-hydrogen) atoms. The predicted octanol–water partition coefficient (Wildman–Crippen LogP) is 3.29. The Labute approximate surface area is 198 Å². The molecule has 1 fully saturated rings. The minimum atomic E-state index is -3.89. The van der Waals surface area contributed by atoms with Crippen LogP contribution in [0.4, 0.5) is 5.69 Å². The number of aryl methyl sites for hydroxylation is 2. The van der Waals surface area contributed by atoms with Crippen molar-refractivity contribution in [2.24, 2.45) is 0 Å². The smallest absolute Gasteiger partial charge is 0.263 e. The Morgan fingerprint density at radius 3 is 2.39 bits per heavy atom. The summed E-state index contributed by atoms with van der Waals surface area (Å²) in [6, 6.07) is 6.21. The van der Waals surface area contributed by atoms with Gasteiger partial charge in [-0.3, -0.25) is 9.48 Å². The van der Waals surface area contributed by atoms with E-state index in [1.54, 1.807) is 15.8 Å². The Morgan fingerprint density at radius 2 is 1.79 bits per heavy atom. The van der Waals surface area contributed by atoms with E-state index in [1.807, 2.05) is 19.9 Å². The first-order valence-electron chi connectivity index (χ1n) is 11.9. The molecule has 0 saturated carbocycles. The van der Waals surface area contributed by atoms with E-state index in [1.165, 1.54) is 15.4 Å². The minimum absolute atomic E-state index is 0.121. The molecular weight excluding hydrogens is 438 g/mol. The van der Waals surface area contributed by atoms with Crippen molar-refractivity contribution in [2.45, 2.75) is 59.0 Å². The lowest BCUT2D eigenvalue weighted by Crippen LogP contribution is -2.49. The van der Waals surface area contributed by atoms with Gasteiger partial charge in [0.1, 0.15) is 0 Å².